The van der Waals surface area contributed by atoms with Crippen LogP contribution in [0.15, 0.2) is 30.3 Å². The van der Waals surface area contributed by atoms with Gasteiger partial charge in [0.15, 0.2) is 6.61 Å². The summed E-state index contributed by atoms with van der Waals surface area (Å²) in [5.41, 5.74) is 0. The summed E-state index contributed by atoms with van der Waals surface area (Å²) >= 11 is 0. The molecule has 2 rings (SSSR count). The van der Waals surface area contributed by atoms with Crippen molar-refractivity contribution >= 4 is 24.2 Å². The predicted molar refractivity (Wildman–Crippen MR) is 90.9 cm³/mol. The van der Waals surface area contributed by atoms with Gasteiger partial charge in [0.2, 0.25) is 5.91 Å². The molecule has 6 nitrogen and oxygen atoms in total. The molecule has 1 aliphatic heterocycles. The first kappa shape index (κ1) is 19.3. The van der Waals surface area contributed by atoms with Crippen molar-refractivity contribution < 1.29 is 14.3 Å². The molecule has 0 aliphatic carbocycles. The van der Waals surface area contributed by atoms with Crippen molar-refractivity contribution in [3.8, 4) is 5.75 Å². The summed E-state index contributed by atoms with van der Waals surface area (Å²) in [4.78, 5) is 25.6. The lowest BCUT2D eigenvalue weighted by Crippen LogP contribution is -2.50. The van der Waals surface area contributed by atoms with Crippen molar-refractivity contribution in [3.63, 3.8) is 0 Å². The number of nitrogens with one attached hydrogen (secondary N) is 2. The molecule has 2 N–H and O–H groups in total. The van der Waals surface area contributed by atoms with E-state index in [1.165, 1.54) is 0 Å². The van der Waals surface area contributed by atoms with Gasteiger partial charge in [0.1, 0.15) is 5.75 Å². The number of hydrogen-bond donors (Lipinski definition) is 2. The van der Waals surface area contributed by atoms with Gasteiger partial charge in [-0.25, -0.2) is 0 Å². The smallest absolute Gasteiger partial charge is 0.258 e. The van der Waals surface area contributed by atoms with E-state index in [-0.39, 0.29) is 37.4 Å². The maximum atomic E-state index is 12.1. The molecule has 0 aromatic heterocycles. The van der Waals surface area contributed by atoms with E-state index in [1.54, 1.807) is 17.0 Å². The number of para-hydroxylation sites is 1. The Kier molecular flexibility index (Phi) is 8.43. The summed E-state index contributed by atoms with van der Waals surface area (Å²) in [5.74, 6) is 0.296. The minimum absolute atomic E-state index is 0. The van der Waals surface area contributed by atoms with Crippen LogP contribution in [0.5, 0.6) is 5.75 Å². The van der Waals surface area contributed by atoms with Crippen LogP contribution < -0.4 is 15.4 Å². The predicted octanol–water partition coefficient (Wildman–Crippen LogP) is 0.814. The molecule has 0 radical (unpaired) electrons. The van der Waals surface area contributed by atoms with Gasteiger partial charge in [0.25, 0.3) is 5.91 Å². The highest BCUT2D eigenvalue weighted by molar-refractivity contribution is 5.85. The van der Waals surface area contributed by atoms with Crippen LogP contribution in [0.25, 0.3) is 0 Å². The van der Waals surface area contributed by atoms with E-state index < -0.39 is 0 Å². The fraction of sp³-hybridized carbons (Fsp3) is 0.500. The lowest BCUT2D eigenvalue weighted by Gasteiger charge is -2.32. The quantitative estimate of drug-likeness (QED) is 0.803. The first-order valence-corrected chi connectivity index (χ1v) is 7.58. The van der Waals surface area contributed by atoms with E-state index in [0.717, 1.165) is 19.4 Å². The summed E-state index contributed by atoms with van der Waals surface area (Å²) < 4.78 is 5.33. The number of ether oxygens (including phenoxy) is 1. The molecule has 1 aliphatic rings. The number of amides is 2. The van der Waals surface area contributed by atoms with E-state index in [0.29, 0.717) is 18.3 Å². The third-order valence-electron chi connectivity index (χ3n) is 3.73. The van der Waals surface area contributed by atoms with Crippen LogP contribution in [0, 0.1) is 0 Å². The monoisotopic (exact) mass is 341 g/mol. The molecule has 1 atom stereocenters. The molecule has 0 saturated carbocycles. The van der Waals surface area contributed by atoms with Gasteiger partial charge in [-0.3, -0.25) is 9.59 Å². The van der Waals surface area contributed by atoms with E-state index >= 15 is 0 Å². The number of nitrogens with zero attached hydrogens (tertiary/aromatic N) is 1. The van der Waals surface area contributed by atoms with Gasteiger partial charge in [0.05, 0.1) is 6.54 Å². The number of rotatable bonds is 6. The second kappa shape index (κ2) is 10.1. The maximum absolute atomic E-state index is 12.1. The summed E-state index contributed by atoms with van der Waals surface area (Å²) in [5, 5.41) is 5.80. The van der Waals surface area contributed by atoms with E-state index in [1.807, 2.05) is 25.2 Å². The van der Waals surface area contributed by atoms with E-state index in [4.69, 9.17) is 4.74 Å². The van der Waals surface area contributed by atoms with Crippen LogP contribution in [-0.2, 0) is 9.59 Å². The molecule has 1 fully saturated rings. The molecule has 1 aromatic rings. The molecule has 23 heavy (non-hydrogen) atoms. The fourth-order valence-electron chi connectivity index (χ4n) is 2.44. The standard InChI is InChI=1S/C16H23N3O3.ClH/c1-17-13-6-5-9-19(11-13)16(21)10-18-15(20)12-22-14-7-3-2-4-8-14;/h2-4,7-8,13,17H,5-6,9-12H2,1H3,(H,18,20);1H. The fourth-order valence-corrected chi connectivity index (χ4v) is 2.44. The molecule has 1 unspecified atom stereocenters. The van der Waals surface area contributed by atoms with Crippen LogP contribution in [0.4, 0.5) is 0 Å². The zero-order valence-corrected chi connectivity index (χ0v) is 14.1. The molecule has 2 amide bonds. The lowest BCUT2D eigenvalue weighted by atomic mass is 10.1. The van der Waals surface area contributed by atoms with Crippen LogP contribution in [0.3, 0.4) is 0 Å². The molecule has 7 heteroatoms. The topological polar surface area (TPSA) is 70.7 Å². The molecule has 128 valence electrons. The molecule has 0 spiro atoms. The lowest BCUT2D eigenvalue weighted by molar-refractivity contribution is -0.134. The van der Waals surface area contributed by atoms with Crippen molar-refractivity contribution in [2.75, 3.05) is 33.3 Å². The van der Waals surface area contributed by atoms with Crippen molar-refractivity contribution in [2.24, 2.45) is 0 Å². The Labute approximate surface area is 143 Å². The van der Waals surface area contributed by atoms with Crippen LogP contribution in [-0.4, -0.2) is 56.0 Å². The maximum Gasteiger partial charge on any atom is 0.258 e. The Morgan fingerprint density at radius 1 is 1.30 bits per heavy atom. The number of piperidine rings is 1. The summed E-state index contributed by atoms with van der Waals surface area (Å²) in [7, 11) is 1.90. The summed E-state index contributed by atoms with van der Waals surface area (Å²) in [6, 6.07) is 9.46. The van der Waals surface area contributed by atoms with Crippen molar-refractivity contribution in [1.82, 2.24) is 15.5 Å². The third kappa shape index (κ3) is 6.46. The number of carbonyl (C=O) groups is 2. The Balaban J connectivity index is 0.00000264. The Morgan fingerprint density at radius 3 is 2.74 bits per heavy atom. The number of benzene rings is 1. The van der Waals surface area contributed by atoms with Crippen LogP contribution in [0.1, 0.15) is 12.8 Å². The average molecular weight is 342 g/mol. The van der Waals surface area contributed by atoms with Crippen molar-refractivity contribution in [2.45, 2.75) is 18.9 Å². The van der Waals surface area contributed by atoms with Crippen LogP contribution >= 0.6 is 12.4 Å². The summed E-state index contributed by atoms with van der Waals surface area (Å²) in [6.07, 6.45) is 2.07. The number of carbonyl (C=O) groups excluding carboxylic acids is 2. The van der Waals surface area contributed by atoms with Gasteiger partial charge >= 0.3 is 0 Å². The highest BCUT2D eigenvalue weighted by atomic mass is 35.5. The number of likely N-dealkylation sites (tertiary alicyclic amines) is 1. The van der Waals surface area contributed by atoms with Crippen molar-refractivity contribution in [3.05, 3.63) is 30.3 Å². The number of hydrogen-bond acceptors (Lipinski definition) is 4. The molecule has 0 bridgehead atoms. The zero-order chi connectivity index (χ0) is 15.8. The van der Waals surface area contributed by atoms with E-state index in [9.17, 15) is 9.59 Å². The second-order valence-electron chi connectivity index (χ2n) is 5.35. The van der Waals surface area contributed by atoms with Gasteiger partial charge < -0.3 is 20.3 Å². The molecular formula is C16H24ClN3O3. The Hall–Kier alpha value is -1.79. The third-order valence-corrected chi connectivity index (χ3v) is 3.73. The number of halogens is 1. The van der Waals surface area contributed by atoms with Gasteiger partial charge in [-0.2, -0.15) is 0 Å². The van der Waals surface area contributed by atoms with Gasteiger partial charge in [-0.05, 0) is 32.0 Å². The average Bonchev–Trinajstić information content (AvgIpc) is 2.58. The Bertz CT molecular complexity index is 499. The largest absolute Gasteiger partial charge is 0.484 e. The minimum atomic E-state index is -0.292. The highest BCUT2D eigenvalue weighted by Gasteiger charge is 2.22. The second-order valence-corrected chi connectivity index (χ2v) is 5.35. The zero-order valence-electron chi connectivity index (χ0n) is 13.3. The normalized spacial score (nSPS) is 17.1. The Morgan fingerprint density at radius 2 is 2.04 bits per heavy atom. The van der Waals surface area contributed by atoms with Crippen LogP contribution in [0.2, 0.25) is 0 Å². The molecule has 1 aromatic carbocycles. The highest BCUT2D eigenvalue weighted by Crippen LogP contribution is 2.09. The summed E-state index contributed by atoms with van der Waals surface area (Å²) in [6.45, 7) is 1.39. The first-order valence-electron chi connectivity index (χ1n) is 7.58. The number of likely N-dealkylation sites (N-methyl/N-ethyl adjacent to an activating group) is 1. The molecule has 1 heterocycles. The minimum Gasteiger partial charge on any atom is -0.484 e. The van der Waals surface area contributed by atoms with Gasteiger partial charge in [-0.15, -0.1) is 12.4 Å². The molecular weight excluding hydrogens is 318 g/mol. The van der Waals surface area contributed by atoms with Gasteiger partial charge in [0, 0.05) is 19.1 Å². The van der Waals surface area contributed by atoms with Gasteiger partial charge in [-0.1, -0.05) is 18.2 Å². The van der Waals surface area contributed by atoms with E-state index in [2.05, 4.69) is 10.6 Å². The van der Waals surface area contributed by atoms with Crippen molar-refractivity contribution in [1.29, 1.82) is 0 Å². The first-order chi connectivity index (χ1) is 10.7. The SMILES string of the molecule is CNC1CCCN(C(=O)CNC(=O)COc2ccccc2)C1.Cl. The molecule has 1 saturated heterocycles.